The van der Waals surface area contributed by atoms with Crippen molar-refractivity contribution in [2.75, 3.05) is 0 Å². The van der Waals surface area contributed by atoms with Crippen molar-refractivity contribution in [1.82, 2.24) is 19.5 Å². The molecule has 346 valence electrons. The normalized spacial score (nSPS) is 11.9. The lowest BCUT2D eigenvalue weighted by molar-refractivity contribution is -0.138. The summed E-state index contributed by atoms with van der Waals surface area (Å²) in [5, 5.41) is 1.67. The Morgan fingerprint density at radius 2 is 0.690 bits per heavy atom. The Hall–Kier alpha value is -8.63. The smallest absolute Gasteiger partial charge is 0.308 e. The van der Waals surface area contributed by atoms with Crippen LogP contribution in [0.3, 0.4) is 0 Å². The highest BCUT2D eigenvalue weighted by Crippen LogP contribution is 2.47. The Balaban J connectivity index is 1.29. The largest absolute Gasteiger partial charge is 0.416 e. The van der Waals surface area contributed by atoms with Crippen LogP contribution < -0.4 is 0 Å². The molecule has 0 aliphatic rings. The van der Waals surface area contributed by atoms with E-state index in [-0.39, 0.29) is 17.0 Å². The van der Waals surface area contributed by atoms with Crippen LogP contribution in [0.4, 0.5) is 26.3 Å². The van der Waals surface area contributed by atoms with Crippen LogP contribution in [0.15, 0.2) is 206 Å². The molecular weight excluding hydrogens is 903 g/mol. The fraction of sp³-hybridized carbons (Fsp3) is 0.0656. The molecule has 71 heavy (non-hydrogen) atoms. The Bertz CT molecular complexity index is 3580. The summed E-state index contributed by atoms with van der Waals surface area (Å²) in [6, 6.07) is 60.6. The second-order valence-corrected chi connectivity index (χ2v) is 17.7. The number of hydrogen-bond donors (Lipinski definition) is 0. The molecule has 0 spiro atoms. The maximum atomic E-state index is 14.8. The van der Waals surface area contributed by atoms with Crippen molar-refractivity contribution in [3.63, 3.8) is 0 Å². The molecule has 9 aromatic carbocycles. The van der Waals surface area contributed by atoms with E-state index >= 15 is 0 Å². The van der Waals surface area contributed by atoms with Crippen LogP contribution in [-0.4, -0.2) is 19.5 Å². The van der Waals surface area contributed by atoms with E-state index in [1.165, 1.54) is 12.1 Å². The molecule has 0 saturated heterocycles. The molecule has 0 bridgehead atoms. The first kappa shape index (κ1) is 44.9. The first-order valence-electron chi connectivity index (χ1n) is 22.9. The first-order chi connectivity index (χ1) is 34.2. The quantitative estimate of drug-likeness (QED) is 0.143. The zero-order chi connectivity index (χ0) is 49.0. The van der Waals surface area contributed by atoms with Gasteiger partial charge in [-0.05, 0) is 108 Å². The van der Waals surface area contributed by atoms with Gasteiger partial charge in [0.15, 0.2) is 17.5 Å². The van der Waals surface area contributed by atoms with Crippen molar-refractivity contribution in [2.24, 2.45) is 0 Å². The van der Waals surface area contributed by atoms with Crippen LogP contribution in [-0.2, 0) is 12.4 Å². The monoisotopic (exact) mass is 942 g/mol. The molecule has 2 aromatic heterocycles. The lowest BCUT2D eigenvalue weighted by Gasteiger charge is -2.22. The summed E-state index contributed by atoms with van der Waals surface area (Å²) in [4.78, 5) is 14.8. The Labute approximate surface area is 405 Å². The molecule has 0 radical (unpaired) electrons. The summed E-state index contributed by atoms with van der Waals surface area (Å²) >= 11 is 0. The maximum absolute atomic E-state index is 14.8. The van der Waals surface area contributed by atoms with E-state index in [0.717, 1.165) is 68.4 Å². The number of rotatable bonds is 8. The van der Waals surface area contributed by atoms with E-state index in [4.69, 9.17) is 15.0 Å². The topological polar surface area (TPSA) is 43.6 Å². The Morgan fingerprint density at radius 1 is 0.324 bits per heavy atom. The highest BCUT2D eigenvalue weighted by atomic mass is 19.4. The minimum absolute atomic E-state index is 0.165. The van der Waals surface area contributed by atoms with Crippen molar-refractivity contribution in [2.45, 2.75) is 26.2 Å². The highest BCUT2D eigenvalue weighted by Gasteiger charge is 2.33. The number of halogens is 6. The van der Waals surface area contributed by atoms with Crippen LogP contribution >= 0.6 is 0 Å². The average molecular weight is 943 g/mol. The SMILES string of the molecule is Cc1cccc(-c2ccc3c(c2)c2cc(-c4cccc(C)c4)ccc2n3-c2c(-c3cccc(C(F)(F)F)c3)cc(-c3nc(-c4ccccc4)nc(-c4ccccc4)n3)cc2-c2cccc(C(F)(F)F)c2)c1. The number of fused-ring (bicyclic) bond motifs is 3. The first-order valence-corrected chi connectivity index (χ1v) is 22.9. The zero-order valence-electron chi connectivity index (χ0n) is 38.2. The molecule has 0 saturated carbocycles. The predicted molar refractivity (Wildman–Crippen MR) is 272 cm³/mol. The van der Waals surface area contributed by atoms with Gasteiger partial charge in [0.05, 0.1) is 27.8 Å². The minimum atomic E-state index is -4.72. The van der Waals surface area contributed by atoms with Gasteiger partial charge in [-0.2, -0.15) is 26.3 Å². The fourth-order valence-corrected chi connectivity index (χ4v) is 9.38. The Morgan fingerprint density at radius 3 is 1.10 bits per heavy atom. The molecule has 11 rings (SSSR count). The highest BCUT2D eigenvalue weighted by molar-refractivity contribution is 6.13. The van der Waals surface area contributed by atoms with Gasteiger partial charge in [-0.25, -0.2) is 15.0 Å². The van der Waals surface area contributed by atoms with Gasteiger partial charge >= 0.3 is 12.4 Å². The summed E-state index contributed by atoms with van der Waals surface area (Å²) in [6.07, 6.45) is -9.43. The molecule has 0 atom stereocenters. The van der Waals surface area contributed by atoms with E-state index in [1.54, 1.807) is 24.3 Å². The van der Waals surface area contributed by atoms with E-state index in [2.05, 4.69) is 24.3 Å². The number of benzene rings is 9. The molecule has 0 amide bonds. The van der Waals surface area contributed by atoms with Crippen molar-refractivity contribution >= 4 is 21.8 Å². The predicted octanol–water partition coefficient (Wildman–Crippen LogP) is 17.3. The molecule has 0 N–H and O–H groups in total. The van der Waals surface area contributed by atoms with E-state index in [1.807, 2.05) is 140 Å². The lowest BCUT2D eigenvalue weighted by Crippen LogP contribution is -2.07. The van der Waals surface area contributed by atoms with Gasteiger partial charge in [0.2, 0.25) is 0 Å². The van der Waals surface area contributed by atoms with Gasteiger partial charge in [0, 0.05) is 38.6 Å². The van der Waals surface area contributed by atoms with Crippen LogP contribution in [0.25, 0.3) is 106 Å². The van der Waals surface area contributed by atoms with Crippen LogP contribution in [0.1, 0.15) is 22.3 Å². The third-order valence-corrected chi connectivity index (χ3v) is 12.8. The third kappa shape index (κ3) is 8.73. The van der Waals surface area contributed by atoms with Crippen molar-refractivity contribution in [1.29, 1.82) is 0 Å². The summed E-state index contributed by atoms with van der Waals surface area (Å²) in [5.74, 6) is 0.825. The fourth-order valence-electron chi connectivity index (χ4n) is 9.38. The summed E-state index contributed by atoms with van der Waals surface area (Å²) in [5.41, 5.74) is 8.61. The van der Waals surface area contributed by atoms with Gasteiger partial charge in [0.25, 0.3) is 0 Å². The summed E-state index contributed by atoms with van der Waals surface area (Å²) in [7, 11) is 0. The second-order valence-electron chi connectivity index (χ2n) is 17.7. The van der Waals surface area contributed by atoms with Crippen molar-refractivity contribution in [3.8, 4) is 84.4 Å². The van der Waals surface area contributed by atoms with E-state index < -0.39 is 23.5 Å². The number of aryl methyl sites for hydroxylation is 2. The number of aromatic nitrogens is 4. The molecule has 11 aromatic rings. The minimum Gasteiger partial charge on any atom is -0.308 e. The van der Waals surface area contributed by atoms with Gasteiger partial charge in [0.1, 0.15) is 0 Å². The van der Waals surface area contributed by atoms with Crippen LogP contribution in [0.2, 0.25) is 0 Å². The van der Waals surface area contributed by atoms with Gasteiger partial charge in [-0.15, -0.1) is 0 Å². The third-order valence-electron chi connectivity index (χ3n) is 12.8. The number of alkyl halides is 6. The zero-order valence-corrected chi connectivity index (χ0v) is 38.2. The van der Waals surface area contributed by atoms with Crippen LogP contribution in [0.5, 0.6) is 0 Å². The molecule has 4 nitrogen and oxygen atoms in total. The van der Waals surface area contributed by atoms with Crippen molar-refractivity contribution < 1.29 is 26.3 Å². The molecule has 10 heteroatoms. The average Bonchev–Trinajstić information content (AvgIpc) is 3.71. The van der Waals surface area contributed by atoms with Crippen molar-refractivity contribution in [3.05, 3.63) is 229 Å². The summed E-state index contributed by atoms with van der Waals surface area (Å²) < 4.78 is 90.8. The molecule has 0 aliphatic heterocycles. The van der Waals surface area contributed by atoms with Crippen LogP contribution in [0, 0.1) is 13.8 Å². The van der Waals surface area contributed by atoms with Gasteiger partial charge in [-0.3, -0.25) is 0 Å². The molecule has 0 aliphatic carbocycles. The molecule has 0 unspecified atom stereocenters. The number of hydrogen-bond acceptors (Lipinski definition) is 3. The molecule has 2 heterocycles. The Kier molecular flexibility index (Phi) is 11.2. The lowest BCUT2D eigenvalue weighted by atomic mass is 9.91. The second kappa shape index (κ2) is 17.7. The van der Waals surface area contributed by atoms with Gasteiger partial charge < -0.3 is 4.57 Å². The van der Waals surface area contributed by atoms with Gasteiger partial charge in [-0.1, -0.05) is 157 Å². The maximum Gasteiger partial charge on any atom is 0.416 e. The standard InChI is InChI=1S/C61H40F6N4/c1-37-13-9-19-41(29-37)43-25-27-54-52(33-43)53-34-44(42-20-10-14-38(2)30-42)26-28-55(53)71(54)56-50(45-21-11-23-48(31-45)60(62,63)64)35-47(36-51(56)46-22-12-24-49(32-46)61(65,66)67)59-69-57(39-15-5-3-6-16-39)68-58(70-59)40-17-7-4-8-18-40/h3-36H,1-2H3. The van der Waals surface area contributed by atoms with E-state index in [9.17, 15) is 26.3 Å². The number of nitrogens with zero attached hydrogens (tertiary/aromatic N) is 4. The van der Waals surface area contributed by atoms with E-state index in [0.29, 0.717) is 56.2 Å². The molecular formula is C61H40F6N4. The summed E-state index contributed by atoms with van der Waals surface area (Å²) in [6.45, 7) is 4.05. The molecule has 0 fully saturated rings.